The van der Waals surface area contributed by atoms with Crippen molar-refractivity contribution in [2.45, 2.75) is 19.5 Å². The molecule has 1 N–H and O–H groups in total. The second kappa shape index (κ2) is 6.57. The fraction of sp³-hybridized carbons (Fsp3) is 0.211. The van der Waals surface area contributed by atoms with Gasteiger partial charge in [-0.25, -0.2) is 4.79 Å². The Labute approximate surface area is 135 Å². The van der Waals surface area contributed by atoms with Crippen molar-refractivity contribution in [3.63, 3.8) is 0 Å². The van der Waals surface area contributed by atoms with Crippen LogP contribution in [0.25, 0.3) is 11.0 Å². The maximum absolute atomic E-state index is 12.3. The van der Waals surface area contributed by atoms with Gasteiger partial charge in [-0.1, -0.05) is 48.5 Å². The van der Waals surface area contributed by atoms with Gasteiger partial charge in [0.05, 0.1) is 6.04 Å². The zero-order valence-corrected chi connectivity index (χ0v) is 13.3. The molecule has 0 saturated heterocycles. The van der Waals surface area contributed by atoms with Gasteiger partial charge in [-0.2, -0.15) is 0 Å². The molecule has 118 valence electrons. The molecule has 4 nitrogen and oxygen atoms in total. The summed E-state index contributed by atoms with van der Waals surface area (Å²) in [7, 11) is 1.78. The molecule has 1 atom stereocenters. The number of furan rings is 1. The van der Waals surface area contributed by atoms with Crippen LogP contribution in [0.1, 0.15) is 24.3 Å². The van der Waals surface area contributed by atoms with Crippen molar-refractivity contribution in [3.8, 4) is 0 Å². The monoisotopic (exact) mass is 308 g/mol. The number of hydrogen-bond donors (Lipinski definition) is 1. The number of urea groups is 1. The molecule has 0 fully saturated rings. The molecule has 2 amide bonds. The maximum atomic E-state index is 12.3. The Morgan fingerprint density at radius 2 is 1.83 bits per heavy atom. The minimum Gasteiger partial charge on any atom is -0.459 e. The molecule has 0 bridgehead atoms. The molecule has 1 aromatic heterocycles. The number of hydrogen-bond acceptors (Lipinski definition) is 2. The summed E-state index contributed by atoms with van der Waals surface area (Å²) in [4.78, 5) is 14.0. The molecule has 0 aliphatic carbocycles. The maximum Gasteiger partial charge on any atom is 0.318 e. The van der Waals surface area contributed by atoms with E-state index in [4.69, 9.17) is 4.42 Å². The van der Waals surface area contributed by atoms with Crippen LogP contribution in [0.4, 0.5) is 4.79 Å². The van der Waals surface area contributed by atoms with Gasteiger partial charge in [-0.05, 0) is 24.6 Å². The SMILES string of the molecule is CC(c1cc2ccccc2o1)N(C)C(=O)NCc1ccccc1. The average Bonchev–Trinajstić information content (AvgIpc) is 3.03. The molecular formula is C19H20N2O2. The summed E-state index contributed by atoms with van der Waals surface area (Å²) in [5, 5.41) is 3.98. The zero-order valence-electron chi connectivity index (χ0n) is 13.3. The van der Waals surface area contributed by atoms with Crippen molar-refractivity contribution >= 4 is 17.0 Å². The first kappa shape index (κ1) is 15.2. The highest BCUT2D eigenvalue weighted by molar-refractivity contribution is 5.78. The molecule has 0 radical (unpaired) electrons. The van der Waals surface area contributed by atoms with E-state index in [2.05, 4.69) is 5.32 Å². The molecule has 3 rings (SSSR count). The summed E-state index contributed by atoms with van der Waals surface area (Å²) in [6, 6.07) is 19.4. The summed E-state index contributed by atoms with van der Waals surface area (Å²) in [6.07, 6.45) is 0. The van der Waals surface area contributed by atoms with Crippen molar-refractivity contribution in [1.29, 1.82) is 0 Å². The Kier molecular flexibility index (Phi) is 4.33. The van der Waals surface area contributed by atoms with E-state index in [0.29, 0.717) is 6.54 Å². The first-order valence-electron chi connectivity index (χ1n) is 7.68. The van der Waals surface area contributed by atoms with E-state index < -0.39 is 0 Å². The lowest BCUT2D eigenvalue weighted by atomic mass is 10.2. The predicted octanol–water partition coefficient (Wildman–Crippen LogP) is 4.34. The highest BCUT2D eigenvalue weighted by atomic mass is 16.3. The van der Waals surface area contributed by atoms with Crippen molar-refractivity contribution in [2.75, 3.05) is 7.05 Å². The number of fused-ring (bicyclic) bond motifs is 1. The lowest BCUT2D eigenvalue weighted by molar-refractivity contribution is 0.187. The van der Waals surface area contributed by atoms with Crippen LogP contribution in [0.5, 0.6) is 0 Å². The number of para-hydroxylation sites is 1. The first-order valence-corrected chi connectivity index (χ1v) is 7.68. The van der Waals surface area contributed by atoms with Gasteiger partial charge >= 0.3 is 6.03 Å². The van der Waals surface area contributed by atoms with Gasteiger partial charge in [0, 0.05) is 19.0 Å². The lowest BCUT2D eigenvalue weighted by Gasteiger charge is -2.23. The molecule has 3 aromatic rings. The largest absolute Gasteiger partial charge is 0.459 e. The number of nitrogens with one attached hydrogen (secondary N) is 1. The van der Waals surface area contributed by atoms with Crippen LogP contribution in [-0.2, 0) is 6.54 Å². The molecule has 1 unspecified atom stereocenters. The van der Waals surface area contributed by atoms with E-state index in [0.717, 1.165) is 22.3 Å². The van der Waals surface area contributed by atoms with Gasteiger partial charge in [0.25, 0.3) is 0 Å². The van der Waals surface area contributed by atoms with Crippen LogP contribution >= 0.6 is 0 Å². The van der Waals surface area contributed by atoms with E-state index in [1.54, 1.807) is 11.9 Å². The Morgan fingerprint density at radius 3 is 2.57 bits per heavy atom. The van der Waals surface area contributed by atoms with Crippen LogP contribution in [-0.4, -0.2) is 18.0 Å². The third-order valence-corrected chi connectivity index (χ3v) is 4.04. The lowest BCUT2D eigenvalue weighted by Crippen LogP contribution is -2.38. The standard InChI is InChI=1S/C19H20N2O2/c1-14(18-12-16-10-6-7-11-17(16)23-18)21(2)19(22)20-13-15-8-4-3-5-9-15/h3-12,14H,13H2,1-2H3,(H,20,22). The quantitative estimate of drug-likeness (QED) is 0.779. The van der Waals surface area contributed by atoms with Crippen LogP contribution in [0.15, 0.2) is 65.1 Å². The third kappa shape index (κ3) is 3.37. The number of carbonyl (C=O) groups is 1. The number of amides is 2. The number of benzene rings is 2. The van der Waals surface area contributed by atoms with E-state index in [1.165, 1.54) is 0 Å². The van der Waals surface area contributed by atoms with Gasteiger partial charge in [0.15, 0.2) is 0 Å². The van der Waals surface area contributed by atoms with Crippen molar-refractivity contribution < 1.29 is 9.21 Å². The number of nitrogens with zero attached hydrogens (tertiary/aromatic N) is 1. The fourth-order valence-electron chi connectivity index (χ4n) is 2.47. The van der Waals surface area contributed by atoms with Crippen LogP contribution in [0, 0.1) is 0 Å². The summed E-state index contributed by atoms with van der Waals surface area (Å²) in [6.45, 7) is 2.47. The van der Waals surface area contributed by atoms with Crippen molar-refractivity contribution in [3.05, 3.63) is 72.0 Å². The van der Waals surface area contributed by atoms with Crippen LogP contribution < -0.4 is 5.32 Å². The Balaban J connectivity index is 1.66. The Morgan fingerprint density at radius 1 is 1.13 bits per heavy atom. The van der Waals surface area contributed by atoms with E-state index in [9.17, 15) is 4.79 Å². The topological polar surface area (TPSA) is 45.5 Å². The third-order valence-electron chi connectivity index (χ3n) is 4.04. The van der Waals surface area contributed by atoms with Crippen LogP contribution in [0.2, 0.25) is 0 Å². The van der Waals surface area contributed by atoms with E-state index >= 15 is 0 Å². The van der Waals surface area contributed by atoms with E-state index in [-0.39, 0.29) is 12.1 Å². The second-order valence-electron chi connectivity index (χ2n) is 5.62. The Hall–Kier alpha value is -2.75. The zero-order chi connectivity index (χ0) is 16.2. The predicted molar refractivity (Wildman–Crippen MR) is 91.1 cm³/mol. The number of carbonyl (C=O) groups excluding carboxylic acids is 1. The van der Waals surface area contributed by atoms with Crippen molar-refractivity contribution in [1.82, 2.24) is 10.2 Å². The molecule has 2 aromatic carbocycles. The normalized spacial score (nSPS) is 12.1. The molecule has 4 heteroatoms. The minimum atomic E-state index is -0.141. The summed E-state index contributed by atoms with van der Waals surface area (Å²) >= 11 is 0. The number of rotatable bonds is 4. The van der Waals surface area contributed by atoms with Crippen LogP contribution in [0.3, 0.4) is 0 Å². The highest BCUT2D eigenvalue weighted by Gasteiger charge is 2.20. The smallest absolute Gasteiger partial charge is 0.318 e. The van der Waals surface area contributed by atoms with Gasteiger partial charge in [0.1, 0.15) is 11.3 Å². The highest BCUT2D eigenvalue weighted by Crippen LogP contribution is 2.26. The molecule has 0 aliphatic rings. The van der Waals surface area contributed by atoms with Gasteiger partial charge in [-0.15, -0.1) is 0 Å². The first-order chi connectivity index (χ1) is 11.1. The Bertz CT molecular complexity index is 762. The molecule has 1 heterocycles. The van der Waals surface area contributed by atoms with Gasteiger partial charge in [-0.3, -0.25) is 0 Å². The second-order valence-corrected chi connectivity index (χ2v) is 5.62. The van der Waals surface area contributed by atoms with Crippen molar-refractivity contribution in [2.24, 2.45) is 0 Å². The fourth-order valence-corrected chi connectivity index (χ4v) is 2.47. The summed E-state index contributed by atoms with van der Waals surface area (Å²) < 4.78 is 5.84. The molecule has 0 aliphatic heterocycles. The van der Waals surface area contributed by atoms with Gasteiger partial charge in [0.2, 0.25) is 0 Å². The average molecular weight is 308 g/mol. The molecular weight excluding hydrogens is 288 g/mol. The van der Waals surface area contributed by atoms with Gasteiger partial charge < -0.3 is 14.6 Å². The molecule has 0 saturated carbocycles. The summed E-state index contributed by atoms with van der Waals surface area (Å²) in [5.41, 5.74) is 1.91. The molecule has 23 heavy (non-hydrogen) atoms. The van der Waals surface area contributed by atoms with E-state index in [1.807, 2.05) is 67.6 Å². The molecule has 0 spiro atoms. The summed E-state index contributed by atoms with van der Waals surface area (Å²) in [5.74, 6) is 0.781. The minimum absolute atomic E-state index is 0.123.